The van der Waals surface area contributed by atoms with Crippen LogP contribution in [0, 0.1) is 6.92 Å². The van der Waals surface area contributed by atoms with E-state index >= 15 is 0 Å². The van der Waals surface area contributed by atoms with E-state index < -0.39 is 0 Å². The SMILES string of the molecule is CCCCN1C=CN(C)C1.Cc1nccn1C.[NaH]. The van der Waals surface area contributed by atoms with Crippen molar-refractivity contribution in [2.45, 2.75) is 26.7 Å². The molecule has 0 atom stereocenters. The fourth-order valence-corrected chi connectivity index (χ4v) is 1.54. The van der Waals surface area contributed by atoms with Crippen molar-refractivity contribution in [1.82, 2.24) is 19.4 Å². The molecular weight excluding hydrogens is 235 g/mol. The molecule has 0 amide bonds. The van der Waals surface area contributed by atoms with E-state index in [1.54, 1.807) is 6.20 Å². The standard InChI is InChI=1S/C8H16N2.C5H8N2.Na.H/c1-3-4-5-10-7-6-9(2)8-10;1-5-6-3-4-7(5)2;;/h6-7H,3-5,8H2,1-2H3;3-4H,1-2H3;;. The Morgan fingerprint density at radius 2 is 2.00 bits per heavy atom. The zero-order valence-electron chi connectivity index (χ0n) is 11.4. The maximum atomic E-state index is 3.98. The molecule has 2 heterocycles. The molecule has 0 radical (unpaired) electrons. The molecule has 2 rings (SSSR count). The van der Waals surface area contributed by atoms with Crippen LogP contribution in [0.3, 0.4) is 0 Å². The van der Waals surface area contributed by atoms with Crippen LogP contribution in [-0.2, 0) is 7.05 Å². The average Bonchev–Trinajstić information content (AvgIpc) is 2.87. The minimum atomic E-state index is 0. The summed E-state index contributed by atoms with van der Waals surface area (Å²) in [5.74, 6) is 1.06. The second kappa shape index (κ2) is 9.48. The number of imidazole rings is 1. The minimum absolute atomic E-state index is 0. The van der Waals surface area contributed by atoms with E-state index in [9.17, 15) is 0 Å². The molecule has 0 aliphatic carbocycles. The summed E-state index contributed by atoms with van der Waals surface area (Å²) in [5.41, 5.74) is 0. The predicted molar refractivity (Wildman–Crippen MR) is 78.5 cm³/mol. The van der Waals surface area contributed by atoms with Gasteiger partial charge in [0.15, 0.2) is 0 Å². The van der Waals surface area contributed by atoms with Gasteiger partial charge in [-0.15, -0.1) is 0 Å². The first-order valence-electron chi connectivity index (χ1n) is 6.20. The van der Waals surface area contributed by atoms with E-state index in [0.717, 1.165) is 12.5 Å². The Morgan fingerprint density at radius 1 is 1.28 bits per heavy atom. The van der Waals surface area contributed by atoms with Crippen LogP contribution in [-0.4, -0.2) is 69.2 Å². The van der Waals surface area contributed by atoms with Gasteiger partial charge in [-0.05, 0) is 13.3 Å². The number of hydrogen-bond acceptors (Lipinski definition) is 3. The molecule has 1 aliphatic heterocycles. The van der Waals surface area contributed by atoms with Crippen LogP contribution in [0.25, 0.3) is 0 Å². The maximum absolute atomic E-state index is 3.98. The number of aryl methyl sites for hydroxylation is 2. The first-order chi connectivity index (χ1) is 8.13. The summed E-state index contributed by atoms with van der Waals surface area (Å²) in [7, 11) is 4.07. The Morgan fingerprint density at radius 3 is 2.33 bits per heavy atom. The topological polar surface area (TPSA) is 24.3 Å². The molecule has 4 nitrogen and oxygen atoms in total. The number of unbranched alkanes of at least 4 members (excludes halogenated alkanes) is 1. The molecule has 0 fully saturated rings. The molecule has 5 heteroatoms. The van der Waals surface area contributed by atoms with Crippen molar-refractivity contribution >= 4 is 29.6 Å². The monoisotopic (exact) mass is 260 g/mol. The van der Waals surface area contributed by atoms with E-state index in [0.29, 0.717) is 0 Å². The molecular formula is C13H25N4Na. The number of hydrogen-bond donors (Lipinski definition) is 0. The summed E-state index contributed by atoms with van der Waals surface area (Å²) in [6.07, 6.45) is 10.6. The summed E-state index contributed by atoms with van der Waals surface area (Å²) in [6, 6.07) is 0. The van der Waals surface area contributed by atoms with Gasteiger partial charge >= 0.3 is 29.6 Å². The molecule has 0 unspecified atom stereocenters. The van der Waals surface area contributed by atoms with Crippen molar-refractivity contribution in [1.29, 1.82) is 0 Å². The average molecular weight is 260 g/mol. The molecule has 1 aliphatic rings. The molecule has 0 saturated heterocycles. The molecule has 18 heavy (non-hydrogen) atoms. The molecule has 1 aromatic heterocycles. The summed E-state index contributed by atoms with van der Waals surface area (Å²) in [4.78, 5) is 8.51. The van der Waals surface area contributed by atoms with Gasteiger partial charge < -0.3 is 14.4 Å². The summed E-state index contributed by atoms with van der Waals surface area (Å²) in [5, 5.41) is 0. The summed E-state index contributed by atoms with van der Waals surface area (Å²) in [6.45, 7) is 6.47. The fourth-order valence-electron chi connectivity index (χ4n) is 1.54. The number of nitrogens with zero attached hydrogens (tertiary/aromatic N) is 4. The normalized spacial score (nSPS) is 13.1. The van der Waals surface area contributed by atoms with E-state index in [1.807, 2.05) is 24.7 Å². The third-order valence-corrected chi connectivity index (χ3v) is 2.80. The second-order valence-electron chi connectivity index (χ2n) is 4.45. The summed E-state index contributed by atoms with van der Waals surface area (Å²) >= 11 is 0. The van der Waals surface area contributed by atoms with Crippen molar-refractivity contribution in [3.05, 3.63) is 30.6 Å². The van der Waals surface area contributed by atoms with E-state index in [4.69, 9.17) is 0 Å². The van der Waals surface area contributed by atoms with Crippen LogP contribution in [0.2, 0.25) is 0 Å². The third-order valence-electron chi connectivity index (χ3n) is 2.80. The predicted octanol–water partition coefficient (Wildman–Crippen LogP) is 1.54. The Labute approximate surface area is 133 Å². The first kappa shape index (κ1) is 17.6. The first-order valence-corrected chi connectivity index (χ1v) is 6.20. The van der Waals surface area contributed by atoms with Crippen LogP contribution in [0.1, 0.15) is 25.6 Å². The van der Waals surface area contributed by atoms with Crippen LogP contribution in [0.4, 0.5) is 0 Å². The number of rotatable bonds is 3. The van der Waals surface area contributed by atoms with Gasteiger partial charge in [0.05, 0.1) is 6.67 Å². The molecule has 0 aromatic carbocycles. The van der Waals surface area contributed by atoms with E-state index in [-0.39, 0.29) is 29.6 Å². The molecule has 0 saturated carbocycles. The Kier molecular flexibility index (Phi) is 9.24. The van der Waals surface area contributed by atoms with Crippen molar-refractivity contribution in [2.24, 2.45) is 7.05 Å². The van der Waals surface area contributed by atoms with Gasteiger partial charge in [0, 0.05) is 45.4 Å². The van der Waals surface area contributed by atoms with Gasteiger partial charge in [-0.25, -0.2) is 4.98 Å². The van der Waals surface area contributed by atoms with Crippen LogP contribution < -0.4 is 0 Å². The quantitative estimate of drug-likeness (QED) is 0.771. The van der Waals surface area contributed by atoms with Crippen molar-refractivity contribution < 1.29 is 0 Å². The summed E-state index contributed by atoms with van der Waals surface area (Å²) < 4.78 is 1.97. The van der Waals surface area contributed by atoms with Gasteiger partial charge in [0.1, 0.15) is 5.82 Å². The molecule has 98 valence electrons. The zero-order valence-corrected chi connectivity index (χ0v) is 11.4. The van der Waals surface area contributed by atoms with Gasteiger partial charge in [-0.2, -0.15) is 0 Å². The van der Waals surface area contributed by atoms with E-state index in [1.165, 1.54) is 19.4 Å². The molecule has 0 bridgehead atoms. The van der Waals surface area contributed by atoms with Crippen LogP contribution in [0.15, 0.2) is 24.8 Å². The van der Waals surface area contributed by atoms with Crippen LogP contribution >= 0.6 is 0 Å². The second-order valence-corrected chi connectivity index (χ2v) is 4.45. The Hall–Kier alpha value is -0.450. The van der Waals surface area contributed by atoms with Crippen molar-refractivity contribution in [3.8, 4) is 0 Å². The molecule has 1 aromatic rings. The fraction of sp³-hybridized carbons (Fsp3) is 0.615. The van der Waals surface area contributed by atoms with Gasteiger partial charge in [-0.3, -0.25) is 0 Å². The third kappa shape index (κ3) is 6.47. The van der Waals surface area contributed by atoms with Gasteiger partial charge in [0.25, 0.3) is 0 Å². The molecule has 0 spiro atoms. The Balaban J connectivity index is 0.000000321. The van der Waals surface area contributed by atoms with Crippen molar-refractivity contribution in [3.63, 3.8) is 0 Å². The Bertz CT molecular complexity index is 332. The van der Waals surface area contributed by atoms with Gasteiger partial charge in [-0.1, -0.05) is 13.3 Å². The van der Waals surface area contributed by atoms with E-state index in [2.05, 4.69) is 41.2 Å². The van der Waals surface area contributed by atoms with Crippen molar-refractivity contribution in [2.75, 3.05) is 20.3 Å². The number of aromatic nitrogens is 2. The van der Waals surface area contributed by atoms with Gasteiger partial charge in [0.2, 0.25) is 0 Å². The molecule has 0 N–H and O–H groups in total. The zero-order chi connectivity index (χ0) is 12.7. The van der Waals surface area contributed by atoms with Crippen LogP contribution in [0.5, 0.6) is 0 Å².